The van der Waals surface area contributed by atoms with Crippen LogP contribution in [0.3, 0.4) is 0 Å². The van der Waals surface area contributed by atoms with Gasteiger partial charge in [0.1, 0.15) is 0 Å². The molecule has 0 bridgehead atoms. The molecule has 3 aromatic carbocycles. The molecule has 0 saturated carbocycles. The van der Waals surface area contributed by atoms with Gasteiger partial charge in [0.15, 0.2) is 0 Å². The van der Waals surface area contributed by atoms with Crippen LogP contribution in [0.1, 0.15) is 36.1 Å². The molecule has 0 N–H and O–H groups in total. The van der Waals surface area contributed by atoms with E-state index in [4.69, 9.17) is 4.98 Å². The van der Waals surface area contributed by atoms with Crippen LogP contribution in [-0.4, -0.2) is 4.98 Å². The molecule has 0 unspecified atom stereocenters. The van der Waals surface area contributed by atoms with Crippen LogP contribution < -0.4 is 0 Å². The first-order valence-electron chi connectivity index (χ1n) is 9.49. The fourth-order valence-corrected chi connectivity index (χ4v) is 4.82. The summed E-state index contributed by atoms with van der Waals surface area (Å²) in [5.41, 5.74) is 11.4. The Morgan fingerprint density at radius 3 is 2.44 bits per heavy atom. The SMILES string of the molecule is CC1(C)c2ccccc2-c2cc(-c3cc4c5c(cccc5n3)C=C4)ccc21. The van der Waals surface area contributed by atoms with Crippen LogP contribution in [0, 0.1) is 0 Å². The van der Waals surface area contributed by atoms with Crippen molar-refractivity contribution in [2.24, 2.45) is 0 Å². The summed E-state index contributed by atoms with van der Waals surface area (Å²) < 4.78 is 0. The number of rotatable bonds is 1. The van der Waals surface area contributed by atoms with Crippen molar-refractivity contribution >= 4 is 23.1 Å². The maximum atomic E-state index is 4.98. The highest BCUT2D eigenvalue weighted by Gasteiger charge is 2.35. The third-order valence-corrected chi connectivity index (χ3v) is 6.22. The summed E-state index contributed by atoms with van der Waals surface area (Å²) in [6, 6.07) is 24.2. The summed E-state index contributed by atoms with van der Waals surface area (Å²) in [5, 5.41) is 1.27. The van der Waals surface area contributed by atoms with Gasteiger partial charge in [-0.25, -0.2) is 4.98 Å². The van der Waals surface area contributed by atoms with Crippen molar-refractivity contribution in [3.8, 4) is 22.4 Å². The van der Waals surface area contributed by atoms with Crippen molar-refractivity contribution in [2.75, 3.05) is 0 Å². The molecule has 2 aliphatic rings. The number of fused-ring (bicyclic) bond motifs is 3. The van der Waals surface area contributed by atoms with Gasteiger partial charge in [0.2, 0.25) is 0 Å². The molecular weight excluding hydrogens is 326 g/mol. The summed E-state index contributed by atoms with van der Waals surface area (Å²) in [5.74, 6) is 0. The van der Waals surface area contributed by atoms with Gasteiger partial charge in [-0.05, 0) is 51.6 Å². The zero-order valence-electron chi connectivity index (χ0n) is 15.5. The van der Waals surface area contributed by atoms with Gasteiger partial charge in [0.25, 0.3) is 0 Å². The van der Waals surface area contributed by atoms with E-state index in [9.17, 15) is 0 Å². The summed E-state index contributed by atoms with van der Waals surface area (Å²) >= 11 is 0. The second kappa shape index (κ2) is 4.95. The average molecular weight is 345 g/mol. The van der Waals surface area contributed by atoms with E-state index in [0.717, 1.165) is 11.2 Å². The number of benzene rings is 3. The van der Waals surface area contributed by atoms with Crippen molar-refractivity contribution in [3.05, 3.63) is 89.0 Å². The fraction of sp³-hybridized carbons (Fsp3) is 0.115. The number of hydrogen-bond donors (Lipinski definition) is 0. The van der Waals surface area contributed by atoms with E-state index in [0.29, 0.717) is 0 Å². The zero-order chi connectivity index (χ0) is 18.2. The third kappa shape index (κ3) is 1.92. The van der Waals surface area contributed by atoms with Gasteiger partial charge in [-0.2, -0.15) is 0 Å². The molecule has 0 fully saturated rings. The fourth-order valence-electron chi connectivity index (χ4n) is 4.82. The topological polar surface area (TPSA) is 12.9 Å². The van der Waals surface area contributed by atoms with Gasteiger partial charge in [-0.3, -0.25) is 0 Å². The molecule has 128 valence electrons. The van der Waals surface area contributed by atoms with Crippen LogP contribution in [0.2, 0.25) is 0 Å². The monoisotopic (exact) mass is 345 g/mol. The van der Waals surface area contributed by atoms with Crippen LogP contribution >= 0.6 is 0 Å². The minimum atomic E-state index is 0.0486. The first-order valence-corrected chi connectivity index (χ1v) is 9.49. The molecule has 1 heterocycles. The maximum Gasteiger partial charge on any atom is 0.0721 e. The molecular formula is C26H19N. The van der Waals surface area contributed by atoms with Crippen molar-refractivity contribution in [1.29, 1.82) is 0 Å². The Morgan fingerprint density at radius 1 is 0.704 bits per heavy atom. The molecule has 4 aromatic rings. The van der Waals surface area contributed by atoms with E-state index in [1.165, 1.54) is 44.3 Å². The Bertz CT molecular complexity index is 1290. The number of hydrogen-bond acceptors (Lipinski definition) is 1. The lowest BCUT2D eigenvalue weighted by Crippen LogP contribution is -2.14. The van der Waals surface area contributed by atoms with Crippen molar-refractivity contribution in [1.82, 2.24) is 4.98 Å². The van der Waals surface area contributed by atoms with Crippen LogP contribution in [0.5, 0.6) is 0 Å². The smallest absolute Gasteiger partial charge is 0.0721 e. The van der Waals surface area contributed by atoms with Gasteiger partial charge in [-0.15, -0.1) is 0 Å². The standard InChI is InChI=1S/C26H19N/c1-26(2)21-8-4-3-7-19(21)20-14-17(12-13-22(20)26)24-15-18-11-10-16-6-5-9-23(27-24)25(16)18/h3-15H,1-2H3. The molecule has 1 aromatic heterocycles. The van der Waals surface area contributed by atoms with Crippen LogP contribution in [0.4, 0.5) is 0 Å². The van der Waals surface area contributed by atoms with Crippen molar-refractivity contribution < 1.29 is 0 Å². The minimum Gasteiger partial charge on any atom is -0.248 e. The number of pyridine rings is 1. The Balaban J connectivity index is 1.59. The van der Waals surface area contributed by atoms with Gasteiger partial charge in [-0.1, -0.05) is 74.5 Å². The van der Waals surface area contributed by atoms with E-state index in [1.54, 1.807) is 0 Å². The van der Waals surface area contributed by atoms with Gasteiger partial charge >= 0.3 is 0 Å². The van der Waals surface area contributed by atoms with Crippen LogP contribution in [-0.2, 0) is 5.41 Å². The molecule has 2 aliphatic carbocycles. The quantitative estimate of drug-likeness (QED) is 0.330. The highest BCUT2D eigenvalue weighted by Crippen LogP contribution is 2.49. The lowest BCUT2D eigenvalue weighted by Gasteiger charge is -2.21. The maximum absolute atomic E-state index is 4.98. The molecule has 0 saturated heterocycles. The van der Waals surface area contributed by atoms with E-state index < -0.39 is 0 Å². The van der Waals surface area contributed by atoms with Crippen LogP contribution in [0.25, 0.3) is 45.4 Å². The first kappa shape index (κ1) is 14.9. The summed E-state index contributed by atoms with van der Waals surface area (Å²) in [6.07, 6.45) is 4.39. The van der Waals surface area contributed by atoms with E-state index >= 15 is 0 Å². The normalized spacial score (nSPS) is 15.2. The Kier molecular flexibility index (Phi) is 2.74. The second-order valence-corrected chi connectivity index (χ2v) is 8.10. The predicted octanol–water partition coefficient (Wildman–Crippen LogP) is 6.69. The Hall–Kier alpha value is -3.19. The van der Waals surface area contributed by atoms with Crippen molar-refractivity contribution in [2.45, 2.75) is 19.3 Å². The van der Waals surface area contributed by atoms with E-state index in [1.807, 2.05) is 0 Å². The van der Waals surface area contributed by atoms with E-state index in [-0.39, 0.29) is 5.41 Å². The lowest BCUT2D eigenvalue weighted by molar-refractivity contribution is 0.660. The van der Waals surface area contributed by atoms with Gasteiger partial charge in [0, 0.05) is 16.4 Å². The number of nitrogens with zero attached hydrogens (tertiary/aromatic N) is 1. The molecule has 0 atom stereocenters. The largest absolute Gasteiger partial charge is 0.248 e. The van der Waals surface area contributed by atoms with Gasteiger partial charge in [0.05, 0.1) is 11.2 Å². The zero-order valence-corrected chi connectivity index (χ0v) is 15.5. The second-order valence-electron chi connectivity index (χ2n) is 8.10. The highest BCUT2D eigenvalue weighted by atomic mass is 14.7. The molecule has 0 amide bonds. The third-order valence-electron chi connectivity index (χ3n) is 6.22. The molecule has 0 spiro atoms. The summed E-state index contributed by atoms with van der Waals surface area (Å²) in [4.78, 5) is 4.98. The molecule has 0 radical (unpaired) electrons. The molecule has 1 nitrogen and oxygen atoms in total. The van der Waals surface area contributed by atoms with Crippen molar-refractivity contribution in [3.63, 3.8) is 0 Å². The first-order chi connectivity index (χ1) is 13.1. The number of aromatic nitrogens is 1. The summed E-state index contributed by atoms with van der Waals surface area (Å²) in [7, 11) is 0. The molecule has 6 rings (SSSR count). The Morgan fingerprint density at radius 2 is 1.52 bits per heavy atom. The highest BCUT2D eigenvalue weighted by molar-refractivity contribution is 6.04. The van der Waals surface area contributed by atoms with Crippen LogP contribution in [0.15, 0.2) is 66.7 Å². The average Bonchev–Trinajstić information content (AvgIpc) is 3.21. The Labute approximate surface area is 159 Å². The molecule has 0 aliphatic heterocycles. The minimum absolute atomic E-state index is 0.0486. The molecule has 27 heavy (non-hydrogen) atoms. The van der Waals surface area contributed by atoms with E-state index in [2.05, 4.69) is 92.7 Å². The molecule has 1 heteroatoms. The predicted molar refractivity (Wildman–Crippen MR) is 114 cm³/mol. The lowest BCUT2D eigenvalue weighted by atomic mass is 9.82. The van der Waals surface area contributed by atoms with Gasteiger partial charge < -0.3 is 0 Å². The summed E-state index contributed by atoms with van der Waals surface area (Å²) in [6.45, 7) is 4.64.